The van der Waals surface area contributed by atoms with Crippen molar-refractivity contribution in [2.45, 2.75) is 45.8 Å². The minimum absolute atomic E-state index is 0.0346. The second-order valence-corrected chi connectivity index (χ2v) is 5.07. The van der Waals surface area contributed by atoms with E-state index in [4.69, 9.17) is 9.94 Å². The lowest BCUT2D eigenvalue weighted by molar-refractivity contribution is -0.142. The number of hydrogen-bond donors (Lipinski definition) is 1. The Balaban J connectivity index is 2.54. The second kappa shape index (κ2) is 5.84. The van der Waals surface area contributed by atoms with Crippen LogP contribution in [0.25, 0.3) is 0 Å². The summed E-state index contributed by atoms with van der Waals surface area (Å²) in [7, 11) is 1.71. The Morgan fingerprint density at radius 1 is 1.50 bits per heavy atom. The van der Waals surface area contributed by atoms with E-state index >= 15 is 0 Å². The van der Waals surface area contributed by atoms with Crippen LogP contribution in [-0.4, -0.2) is 46.8 Å². The summed E-state index contributed by atoms with van der Waals surface area (Å²) in [6, 6.07) is 0.0926. The van der Waals surface area contributed by atoms with Crippen molar-refractivity contribution in [2.75, 3.05) is 7.05 Å². The summed E-state index contributed by atoms with van der Waals surface area (Å²) in [4.78, 5) is 29.2. The van der Waals surface area contributed by atoms with E-state index in [1.807, 2.05) is 6.92 Å². The number of oxime groups is 1. The molecule has 18 heavy (non-hydrogen) atoms. The smallest absolute Gasteiger partial charge is 0.353 e. The SMILES string of the molecule is CC(C)CC(C)N(C)C(=O)C1CC(C(=O)O)=NO1. The van der Waals surface area contributed by atoms with Crippen molar-refractivity contribution in [3.8, 4) is 0 Å². The Kier molecular flexibility index (Phi) is 4.69. The summed E-state index contributed by atoms with van der Waals surface area (Å²) in [6.07, 6.45) is 0.129. The maximum Gasteiger partial charge on any atom is 0.353 e. The Labute approximate surface area is 107 Å². The van der Waals surface area contributed by atoms with E-state index < -0.39 is 12.1 Å². The molecule has 6 nitrogen and oxygen atoms in total. The largest absolute Gasteiger partial charge is 0.477 e. The van der Waals surface area contributed by atoms with Crippen molar-refractivity contribution in [1.29, 1.82) is 0 Å². The molecule has 0 fully saturated rings. The zero-order valence-corrected chi connectivity index (χ0v) is 11.2. The summed E-state index contributed by atoms with van der Waals surface area (Å²) in [5, 5.41) is 12.2. The number of aliphatic carboxylic acids is 1. The molecule has 2 atom stereocenters. The van der Waals surface area contributed by atoms with Gasteiger partial charge in [0.15, 0.2) is 5.71 Å². The molecule has 0 radical (unpaired) electrons. The minimum atomic E-state index is -1.14. The highest BCUT2D eigenvalue weighted by Gasteiger charge is 2.34. The summed E-state index contributed by atoms with van der Waals surface area (Å²) in [5.41, 5.74) is -0.0988. The van der Waals surface area contributed by atoms with Gasteiger partial charge in [-0.15, -0.1) is 0 Å². The fourth-order valence-corrected chi connectivity index (χ4v) is 1.92. The van der Waals surface area contributed by atoms with Crippen LogP contribution in [0.5, 0.6) is 0 Å². The van der Waals surface area contributed by atoms with Gasteiger partial charge in [-0.2, -0.15) is 0 Å². The lowest BCUT2D eigenvalue weighted by Crippen LogP contribution is -2.42. The molecule has 1 amide bonds. The molecule has 6 heteroatoms. The Morgan fingerprint density at radius 3 is 2.56 bits per heavy atom. The number of carboxylic acids is 1. The van der Waals surface area contributed by atoms with Crippen LogP contribution in [0.15, 0.2) is 5.16 Å². The van der Waals surface area contributed by atoms with Gasteiger partial charge in [0, 0.05) is 19.5 Å². The van der Waals surface area contributed by atoms with Crippen LogP contribution in [0.1, 0.15) is 33.6 Å². The number of likely N-dealkylation sites (N-methyl/N-ethyl adjacent to an activating group) is 1. The standard InChI is InChI=1S/C12H20N2O4/c1-7(2)5-8(3)14(4)11(15)10-6-9(12(16)17)13-18-10/h7-8,10H,5-6H2,1-4H3,(H,16,17). The first-order valence-electron chi connectivity index (χ1n) is 6.05. The maximum atomic E-state index is 12.1. The van der Waals surface area contributed by atoms with Crippen LogP contribution < -0.4 is 0 Å². The van der Waals surface area contributed by atoms with Gasteiger partial charge in [0.2, 0.25) is 6.10 Å². The molecule has 1 aliphatic heterocycles. The number of amides is 1. The van der Waals surface area contributed by atoms with E-state index in [9.17, 15) is 9.59 Å². The summed E-state index contributed by atoms with van der Waals surface area (Å²) in [5.74, 6) is -0.864. The Hall–Kier alpha value is -1.59. The molecule has 1 aliphatic rings. The fourth-order valence-electron chi connectivity index (χ4n) is 1.92. The third kappa shape index (κ3) is 3.45. The van der Waals surface area contributed by atoms with Gasteiger partial charge in [-0.3, -0.25) is 4.79 Å². The molecule has 1 rings (SSSR count). The van der Waals surface area contributed by atoms with Crippen molar-refractivity contribution in [3.05, 3.63) is 0 Å². The molecule has 1 N–H and O–H groups in total. The first-order valence-corrected chi connectivity index (χ1v) is 6.05. The molecular weight excluding hydrogens is 236 g/mol. The number of carboxylic acid groups (broad SMARTS) is 1. The number of carbonyl (C=O) groups excluding carboxylic acids is 1. The van der Waals surface area contributed by atoms with Crippen molar-refractivity contribution in [3.63, 3.8) is 0 Å². The molecule has 0 aliphatic carbocycles. The second-order valence-electron chi connectivity index (χ2n) is 5.07. The first kappa shape index (κ1) is 14.5. The summed E-state index contributed by atoms with van der Waals surface area (Å²) < 4.78 is 0. The Bertz CT molecular complexity index is 365. The molecule has 1 heterocycles. The minimum Gasteiger partial charge on any atom is -0.477 e. The molecular formula is C12H20N2O4. The number of hydrogen-bond acceptors (Lipinski definition) is 4. The van der Waals surface area contributed by atoms with Crippen molar-refractivity contribution >= 4 is 17.6 Å². The fraction of sp³-hybridized carbons (Fsp3) is 0.750. The van der Waals surface area contributed by atoms with Gasteiger partial charge in [0.05, 0.1) is 0 Å². The summed E-state index contributed by atoms with van der Waals surface area (Å²) in [6.45, 7) is 6.14. The molecule has 0 aromatic carbocycles. The number of carbonyl (C=O) groups is 2. The van der Waals surface area contributed by atoms with Crippen LogP contribution >= 0.6 is 0 Å². The monoisotopic (exact) mass is 256 g/mol. The quantitative estimate of drug-likeness (QED) is 0.799. The lowest BCUT2D eigenvalue weighted by Gasteiger charge is -2.27. The molecule has 0 aromatic rings. The lowest BCUT2D eigenvalue weighted by atomic mass is 10.0. The van der Waals surface area contributed by atoms with E-state index in [1.165, 1.54) is 0 Å². The Morgan fingerprint density at radius 2 is 2.11 bits per heavy atom. The summed E-state index contributed by atoms with van der Waals surface area (Å²) >= 11 is 0. The molecule has 0 spiro atoms. The van der Waals surface area contributed by atoms with Crippen LogP contribution in [0.2, 0.25) is 0 Å². The van der Waals surface area contributed by atoms with Crippen LogP contribution in [0.4, 0.5) is 0 Å². The predicted molar refractivity (Wildman–Crippen MR) is 66.2 cm³/mol. The van der Waals surface area contributed by atoms with Gasteiger partial charge in [-0.1, -0.05) is 19.0 Å². The van der Waals surface area contributed by atoms with Crippen molar-refractivity contribution in [2.24, 2.45) is 11.1 Å². The van der Waals surface area contributed by atoms with Gasteiger partial charge in [-0.25, -0.2) is 4.79 Å². The van der Waals surface area contributed by atoms with Crippen LogP contribution in [0.3, 0.4) is 0 Å². The van der Waals surface area contributed by atoms with Crippen LogP contribution in [0, 0.1) is 5.92 Å². The molecule has 0 bridgehead atoms. The third-order valence-corrected chi connectivity index (χ3v) is 3.01. The third-order valence-electron chi connectivity index (χ3n) is 3.01. The highest BCUT2D eigenvalue weighted by atomic mass is 16.6. The van der Waals surface area contributed by atoms with Gasteiger partial charge >= 0.3 is 5.97 Å². The molecule has 102 valence electrons. The van der Waals surface area contributed by atoms with Gasteiger partial charge in [0.25, 0.3) is 5.91 Å². The van der Waals surface area contributed by atoms with Gasteiger partial charge in [-0.05, 0) is 19.3 Å². The van der Waals surface area contributed by atoms with Crippen molar-refractivity contribution in [1.82, 2.24) is 4.90 Å². The number of rotatable bonds is 5. The van der Waals surface area contributed by atoms with E-state index in [1.54, 1.807) is 11.9 Å². The number of nitrogens with zero attached hydrogens (tertiary/aromatic N) is 2. The van der Waals surface area contributed by atoms with Crippen LogP contribution in [-0.2, 0) is 14.4 Å². The van der Waals surface area contributed by atoms with E-state index in [2.05, 4.69) is 19.0 Å². The van der Waals surface area contributed by atoms with Crippen molar-refractivity contribution < 1.29 is 19.5 Å². The average Bonchev–Trinajstić information content (AvgIpc) is 2.75. The zero-order valence-electron chi connectivity index (χ0n) is 11.2. The van der Waals surface area contributed by atoms with Gasteiger partial charge in [0.1, 0.15) is 0 Å². The van der Waals surface area contributed by atoms with E-state index in [-0.39, 0.29) is 24.1 Å². The molecule has 0 aromatic heterocycles. The molecule has 2 unspecified atom stereocenters. The molecule has 0 saturated carbocycles. The molecule has 0 saturated heterocycles. The predicted octanol–water partition coefficient (Wildman–Crippen LogP) is 1.11. The first-order chi connectivity index (χ1) is 8.32. The van der Waals surface area contributed by atoms with E-state index in [0.717, 1.165) is 6.42 Å². The zero-order chi connectivity index (χ0) is 13.9. The normalized spacial score (nSPS) is 20.3. The average molecular weight is 256 g/mol. The topological polar surface area (TPSA) is 79.2 Å². The highest BCUT2D eigenvalue weighted by molar-refractivity contribution is 6.36. The highest BCUT2D eigenvalue weighted by Crippen LogP contribution is 2.16. The maximum absolute atomic E-state index is 12.1. The van der Waals surface area contributed by atoms with E-state index in [0.29, 0.717) is 5.92 Å². The van der Waals surface area contributed by atoms with Gasteiger partial charge < -0.3 is 14.8 Å².